The van der Waals surface area contributed by atoms with E-state index >= 15 is 0 Å². The number of aromatic nitrogens is 1. The van der Waals surface area contributed by atoms with Crippen LogP contribution in [0.3, 0.4) is 0 Å². The molecular formula is C6H5INO2S-. The molecule has 0 aromatic carbocycles. The summed E-state index contributed by atoms with van der Waals surface area (Å²) in [4.78, 5) is 4.26. The summed E-state index contributed by atoms with van der Waals surface area (Å²) >= 11 is -0.702. The van der Waals surface area contributed by atoms with E-state index in [9.17, 15) is 8.42 Å². The van der Waals surface area contributed by atoms with Crippen LogP contribution in [-0.4, -0.2) is 13.4 Å². The zero-order chi connectivity index (χ0) is 7.90. The van der Waals surface area contributed by atoms with Gasteiger partial charge in [0.05, 0.1) is 0 Å². The van der Waals surface area contributed by atoms with Gasteiger partial charge in [0.25, 0.3) is 0 Å². The molecule has 1 aromatic rings. The fourth-order valence-corrected chi connectivity index (χ4v) is 7.30. The quantitative estimate of drug-likeness (QED) is 0.297. The Morgan fingerprint density at radius 1 is 1.55 bits per heavy atom. The Morgan fingerprint density at radius 2 is 2.36 bits per heavy atom. The molecule has 1 aliphatic heterocycles. The van der Waals surface area contributed by atoms with Gasteiger partial charge in [0.2, 0.25) is 0 Å². The van der Waals surface area contributed by atoms with Crippen LogP contribution in [0.2, 0.25) is 0 Å². The number of fused-ring (bicyclic) bond motifs is 1. The summed E-state index contributed by atoms with van der Waals surface area (Å²) in [5, 5.41) is 0. The van der Waals surface area contributed by atoms with Crippen molar-refractivity contribution in [1.29, 1.82) is 0 Å². The number of hydrogen-bond acceptors (Lipinski definition) is 3. The van der Waals surface area contributed by atoms with Gasteiger partial charge in [-0.15, -0.1) is 0 Å². The van der Waals surface area contributed by atoms with Crippen LogP contribution in [0.5, 0.6) is 0 Å². The molecule has 0 aliphatic carbocycles. The van der Waals surface area contributed by atoms with Gasteiger partial charge in [-0.05, 0) is 0 Å². The third-order valence-corrected chi connectivity index (χ3v) is 8.40. The summed E-state index contributed by atoms with van der Waals surface area (Å²) in [5.74, 6) is 0. The summed E-state index contributed by atoms with van der Waals surface area (Å²) in [7, 11) is -2.86. The molecule has 0 saturated carbocycles. The SMILES string of the molecule is O=S1(=O)[I-]Cc2ccncc21. The first-order chi connectivity index (χ1) is 5.20. The number of nitrogens with zero attached hydrogens (tertiary/aromatic N) is 1. The zero-order valence-electron chi connectivity index (χ0n) is 5.49. The first-order valence-corrected chi connectivity index (χ1v) is 8.54. The Labute approximate surface area is 73.5 Å². The molecule has 5 heteroatoms. The van der Waals surface area contributed by atoms with E-state index in [1.54, 1.807) is 12.3 Å². The number of alkyl halides is 1. The molecule has 0 fully saturated rings. The van der Waals surface area contributed by atoms with E-state index in [0.29, 0.717) is 4.90 Å². The van der Waals surface area contributed by atoms with Crippen LogP contribution in [0.25, 0.3) is 0 Å². The Kier molecular flexibility index (Phi) is 1.64. The van der Waals surface area contributed by atoms with Crippen molar-refractivity contribution in [1.82, 2.24) is 4.98 Å². The number of pyridine rings is 1. The minimum atomic E-state index is -2.86. The summed E-state index contributed by atoms with van der Waals surface area (Å²) in [6.07, 6.45) is 3.10. The fraction of sp³-hybridized carbons (Fsp3) is 0.167. The maximum atomic E-state index is 11.3. The first-order valence-electron chi connectivity index (χ1n) is 2.99. The van der Waals surface area contributed by atoms with Crippen molar-refractivity contribution in [3.05, 3.63) is 24.0 Å². The van der Waals surface area contributed by atoms with E-state index in [1.165, 1.54) is 6.20 Å². The Hall–Kier alpha value is -0.170. The van der Waals surface area contributed by atoms with Gasteiger partial charge in [-0.1, -0.05) is 0 Å². The molecule has 0 N–H and O–H groups in total. The molecule has 0 radical (unpaired) electrons. The predicted octanol–water partition coefficient (Wildman–Crippen LogP) is -2.63. The monoisotopic (exact) mass is 282 g/mol. The van der Waals surface area contributed by atoms with Crippen LogP contribution < -0.4 is 19.8 Å². The number of halogens is 1. The van der Waals surface area contributed by atoms with E-state index in [0.717, 1.165) is 9.99 Å². The standard InChI is InChI=1S/C6H5INO2S/c9-11(10)6-4-8-2-1-5(6)3-7-11/h1-2,4H,3H2/q-1. The molecule has 2 rings (SSSR count). The van der Waals surface area contributed by atoms with Gasteiger partial charge in [-0.3, -0.25) is 0 Å². The summed E-state index contributed by atoms with van der Waals surface area (Å²) < 4.78 is 23.3. The van der Waals surface area contributed by atoms with Crippen molar-refractivity contribution in [2.75, 3.05) is 0 Å². The van der Waals surface area contributed by atoms with Crippen molar-refractivity contribution in [2.45, 2.75) is 9.32 Å². The summed E-state index contributed by atoms with van der Waals surface area (Å²) in [6.45, 7) is 0. The second-order valence-corrected chi connectivity index (χ2v) is 9.81. The molecule has 1 aliphatic rings. The molecule has 0 saturated heterocycles. The number of hydrogen-bond donors (Lipinski definition) is 0. The first kappa shape index (κ1) is 7.48. The van der Waals surface area contributed by atoms with Crippen LogP contribution in [0.15, 0.2) is 23.4 Å². The van der Waals surface area contributed by atoms with Crippen LogP contribution in [0.4, 0.5) is 0 Å². The molecule has 1 aromatic heterocycles. The third-order valence-electron chi connectivity index (χ3n) is 1.47. The summed E-state index contributed by atoms with van der Waals surface area (Å²) in [6, 6.07) is 1.79. The van der Waals surface area contributed by atoms with Crippen LogP contribution in [-0.2, 0) is 11.4 Å². The molecule has 11 heavy (non-hydrogen) atoms. The molecule has 0 atom stereocenters. The molecule has 0 spiro atoms. The van der Waals surface area contributed by atoms with Crippen molar-refractivity contribution < 1.29 is 28.2 Å². The second-order valence-electron chi connectivity index (χ2n) is 2.16. The van der Waals surface area contributed by atoms with Crippen molar-refractivity contribution in [3.8, 4) is 0 Å². The van der Waals surface area contributed by atoms with Gasteiger partial charge in [0.1, 0.15) is 0 Å². The molecule has 60 valence electrons. The van der Waals surface area contributed by atoms with Crippen LogP contribution in [0, 0.1) is 0 Å². The Morgan fingerprint density at radius 3 is 3.09 bits per heavy atom. The molecule has 2 heterocycles. The minimum absolute atomic E-state index is 0.466. The van der Waals surface area contributed by atoms with Crippen molar-refractivity contribution in [2.24, 2.45) is 0 Å². The zero-order valence-corrected chi connectivity index (χ0v) is 8.46. The third kappa shape index (κ3) is 1.16. The van der Waals surface area contributed by atoms with E-state index in [4.69, 9.17) is 0 Å². The Bertz CT molecular complexity index is 387. The van der Waals surface area contributed by atoms with Gasteiger partial charge in [0, 0.05) is 0 Å². The van der Waals surface area contributed by atoms with Crippen molar-refractivity contribution in [3.63, 3.8) is 0 Å². The van der Waals surface area contributed by atoms with Crippen LogP contribution >= 0.6 is 0 Å². The van der Waals surface area contributed by atoms with E-state index in [-0.39, 0.29) is 0 Å². The number of rotatable bonds is 0. The Balaban J connectivity index is 2.75. The molecule has 0 unspecified atom stereocenters. The summed E-state index contributed by atoms with van der Waals surface area (Å²) in [5.41, 5.74) is 0.952. The molecule has 0 bridgehead atoms. The molecule has 3 nitrogen and oxygen atoms in total. The van der Waals surface area contributed by atoms with Crippen molar-refractivity contribution >= 4 is 7.01 Å². The van der Waals surface area contributed by atoms with Crippen LogP contribution in [0.1, 0.15) is 5.56 Å². The van der Waals surface area contributed by atoms with Gasteiger partial charge in [-0.25, -0.2) is 0 Å². The van der Waals surface area contributed by atoms with E-state index in [1.807, 2.05) is 0 Å². The van der Waals surface area contributed by atoms with Gasteiger partial charge in [0.15, 0.2) is 0 Å². The average Bonchev–Trinajstić information content (AvgIpc) is 2.29. The fourth-order valence-electron chi connectivity index (χ4n) is 0.928. The van der Waals surface area contributed by atoms with E-state index < -0.39 is 26.8 Å². The molecular weight excluding hydrogens is 277 g/mol. The normalized spacial score (nSPS) is 20.4. The van der Waals surface area contributed by atoms with Gasteiger partial charge >= 0.3 is 73.6 Å². The van der Waals surface area contributed by atoms with Gasteiger partial charge < -0.3 is 0 Å². The van der Waals surface area contributed by atoms with Gasteiger partial charge in [-0.2, -0.15) is 0 Å². The average molecular weight is 282 g/mol. The predicted molar refractivity (Wildman–Crippen MR) is 35.1 cm³/mol. The van der Waals surface area contributed by atoms with E-state index in [2.05, 4.69) is 4.98 Å². The molecule has 0 amide bonds. The second kappa shape index (κ2) is 2.41. The maximum absolute atomic E-state index is 11.3. The topological polar surface area (TPSA) is 47.0 Å².